The van der Waals surface area contributed by atoms with Gasteiger partial charge in [-0.3, -0.25) is 4.79 Å². The molecule has 0 aromatic heterocycles. The van der Waals surface area contributed by atoms with E-state index in [1.807, 2.05) is 12.1 Å². The summed E-state index contributed by atoms with van der Waals surface area (Å²) < 4.78 is 0. The quantitative estimate of drug-likeness (QED) is 0.612. The van der Waals surface area contributed by atoms with Gasteiger partial charge in [0.15, 0.2) is 5.78 Å². The number of hydrogen-bond donors (Lipinski definition) is 1. The van der Waals surface area contributed by atoms with E-state index in [2.05, 4.69) is 0 Å². The first-order chi connectivity index (χ1) is 6.65. The lowest BCUT2D eigenvalue weighted by Crippen LogP contribution is -2.26. The minimum Gasteiger partial charge on any atom is -0.321 e. The highest BCUT2D eigenvalue weighted by atomic mass is 35.5. The predicted molar refractivity (Wildman–Crippen MR) is 58.8 cm³/mol. The summed E-state index contributed by atoms with van der Waals surface area (Å²) in [5, 5.41) is 0. The monoisotopic (exact) mass is 211 g/mol. The van der Waals surface area contributed by atoms with Crippen LogP contribution in [0.4, 0.5) is 0 Å². The Labute approximate surface area is 89.1 Å². The molecular weight excluding hydrogens is 198 g/mol. The number of nitrogens with two attached hydrogens (primary N) is 1. The standard InChI is InChI=1S/C11H14ClNO/c1-8(13)11(14)10-4-2-9(3-5-10)6-7-12/h2-5,8H,6-7,13H2,1H3/t8-/m0/s1. The number of alkyl halides is 1. The van der Waals surface area contributed by atoms with Crippen LogP contribution >= 0.6 is 11.6 Å². The maximum atomic E-state index is 11.5. The second kappa shape index (κ2) is 5.13. The van der Waals surface area contributed by atoms with E-state index in [4.69, 9.17) is 17.3 Å². The van der Waals surface area contributed by atoms with Crippen molar-refractivity contribution in [3.8, 4) is 0 Å². The van der Waals surface area contributed by atoms with Crippen LogP contribution in [0.1, 0.15) is 22.8 Å². The van der Waals surface area contributed by atoms with E-state index in [1.54, 1.807) is 19.1 Å². The summed E-state index contributed by atoms with van der Waals surface area (Å²) >= 11 is 5.60. The molecule has 0 aliphatic heterocycles. The van der Waals surface area contributed by atoms with Crippen LogP contribution in [0.2, 0.25) is 0 Å². The molecule has 3 heteroatoms. The van der Waals surface area contributed by atoms with Crippen molar-refractivity contribution < 1.29 is 4.79 Å². The number of halogens is 1. The molecule has 0 unspecified atom stereocenters. The number of Topliss-reactive ketones (excluding diaryl/α,β-unsaturated/α-hetero) is 1. The molecule has 0 spiro atoms. The number of benzene rings is 1. The van der Waals surface area contributed by atoms with Crippen molar-refractivity contribution in [2.75, 3.05) is 5.88 Å². The Morgan fingerprint density at radius 1 is 1.43 bits per heavy atom. The molecule has 0 heterocycles. The summed E-state index contributed by atoms with van der Waals surface area (Å²) in [5.41, 5.74) is 7.30. The zero-order chi connectivity index (χ0) is 10.6. The SMILES string of the molecule is C[C@H](N)C(=O)c1ccc(CCCl)cc1. The number of aryl methyl sites for hydroxylation is 1. The van der Waals surface area contributed by atoms with Crippen LogP contribution in [0.5, 0.6) is 0 Å². The van der Waals surface area contributed by atoms with E-state index in [0.717, 1.165) is 12.0 Å². The molecule has 0 fully saturated rings. The molecule has 2 N–H and O–H groups in total. The number of carbonyl (C=O) groups excluding carboxylic acids is 1. The Bertz CT molecular complexity index is 306. The van der Waals surface area contributed by atoms with E-state index in [-0.39, 0.29) is 5.78 Å². The first-order valence-corrected chi connectivity index (χ1v) is 5.13. The van der Waals surface area contributed by atoms with Gasteiger partial charge in [0.2, 0.25) is 0 Å². The van der Waals surface area contributed by atoms with Crippen molar-refractivity contribution in [3.63, 3.8) is 0 Å². The summed E-state index contributed by atoms with van der Waals surface area (Å²) in [5.74, 6) is 0.572. The average molecular weight is 212 g/mol. The number of rotatable bonds is 4. The summed E-state index contributed by atoms with van der Waals surface area (Å²) in [7, 11) is 0. The van der Waals surface area contributed by atoms with E-state index in [0.29, 0.717) is 11.4 Å². The van der Waals surface area contributed by atoms with E-state index < -0.39 is 6.04 Å². The Morgan fingerprint density at radius 2 is 2.00 bits per heavy atom. The predicted octanol–water partition coefficient (Wildman–Crippen LogP) is 2.00. The fourth-order valence-corrected chi connectivity index (χ4v) is 1.43. The Kier molecular flexibility index (Phi) is 4.11. The molecular formula is C11H14ClNO. The minimum atomic E-state index is -0.436. The van der Waals surface area contributed by atoms with Gasteiger partial charge < -0.3 is 5.73 Å². The molecule has 0 aliphatic rings. The molecule has 1 rings (SSSR count). The first-order valence-electron chi connectivity index (χ1n) is 4.60. The lowest BCUT2D eigenvalue weighted by Gasteiger charge is -2.04. The van der Waals surface area contributed by atoms with E-state index in [9.17, 15) is 4.79 Å². The summed E-state index contributed by atoms with van der Waals surface area (Å²) in [4.78, 5) is 11.5. The second-order valence-corrected chi connectivity index (χ2v) is 3.67. The lowest BCUT2D eigenvalue weighted by molar-refractivity contribution is 0.0968. The van der Waals surface area contributed by atoms with E-state index in [1.165, 1.54) is 0 Å². The number of carbonyl (C=O) groups is 1. The van der Waals surface area contributed by atoms with E-state index >= 15 is 0 Å². The summed E-state index contributed by atoms with van der Waals surface area (Å²) in [6, 6.07) is 6.99. The Morgan fingerprint density at radius 3 is 2.43 bits per heavy atom. The number of hydrogen-bond acceptors (Lipinski definition) is 2. The maximum absolute atomic E-state index is 11.5. The molecule has 0 bridgehead atoms. The molecule has 76 valence electrons. The third-order valence-electron chi connectivity index (χ3n) is 2.04. The van der Waals surface area contributed by atoms with Gasteiger partial charge in [-0.15, -0.1) is 11.6 Å². The van der Waals surface area contributed by atoms with Gasteiger partial charge in [-0.25, -0.2) is 0 Å². The molecule has 1 atom stereocenters. The molecule has 1 aromatic carbocycles. The van der Waals surface area contributed by atoms with Crippen molar-refractivity contribution >= 4 is 17.4 Å². The second-order valence-electron chi connectivity index (χ2n) is 3.29. The lowest BCUT2D eigenvalue weighted by atomic mass is 10.0. The minimum absolute atomic E-state index is 0.0255. The van der Waals surface area contributed by atoms with Crippen molar-refractivity contribution in [1.29, 1.82) is 0 Å². The van der Waals surface area contributed by atoms with Crippen LogP contribution < -0.4 is 5.73 Å². The van der Waals surface area contributed by atoms with Crippen LogP contribution in [-0.4, -0.2) is 17.7 Å². The van der Waals surface area contributed by atoms with Crippen LogP contribution in [0.15, 0.2) is 24.3 Å². The normalized spacial score (nSPS) is 12.5. The largest absolute Gasteiger partial charge is 0.321 e. The summed E-state index contributed by atoms with van der Waals surface area (Å²) in [6.45, 7) is 1.69. The van der Waals surface area contributed by atoms with Gasteiger partial charge in [0, 0.05) is 11.4 Å². The molecule has 0 saturated carbocycles. The van der Waals surface area contributed by atoms with Crippen molar-refractivity contribution in [3.05, 3.63) is 35.4 Å². The smallest absolute Gasteiger partial charge is 0.179 e. The molecule has 14 heavy (non-hydrogen) atoms. The third-order valence-corrected chi connectivity index (χ3v) is 2.22. The van der Waals surface area contributed by atoms with Gasteiger partial charge in [-0.1, -0.05) is 24.3 Å². The van der Waals surface area contributed by atoms with Crippen molar-refractivity contribution in [2.24, 2.45) is 5.73 Å². The molecule has 2 nitrogen and oxygen atoms in total. The van der Waals surface area contributed by atoms with Crippen LogP contribution in [0.25, 0.3) is 0 Å². The highest BCUT2D eigenvalue weighted by molar-refractivity contribution is 6.18. The van der Waals surface area contributed by atoms with Gasteiger partial charge in [0.05, 0.1) is 6.04 Å². The average Bonchev–Trinajstić information content (AvgIpc) is 2.18. The van der Waals surface area contributed by atoms with Crippen LogP contribution in [0, 0.1) is 0 Å². The maximum Gasteiger partial charge on any atom is 0.179 e. The van der Waals surface area contributed by atoms with Gasteiger partial charge >= 0.3 is 0 Å². The van der Waals surface area contributed by atoms with Crippen molar-refractivity contribution in [1.82, 2.24) is 0 Å². The van der Waals surface area contributed by atoms with Gasteiger partial charge in [0.1, 0.15) is 0 Å². The van der Waals surface area contributed by atoms with Gasteiger partial charge in [-0.2, -0.15) is 0 Å². The van der Waals surface area contributed by atoms with Crippen LogP contribution in [-0.2, 0) is 6.42 Å². The molecule has 0 saturated heterocycles. The third kappa shape index (κ3) is 2.82. The Balaban J connectivity index is 2.78. The van der Waals surface area contributed by atoms with Crippen LogP contribution in [0.3, 0.4) is 0 Å². The fraction of sp³-hybridized carbons (Fsp3) is 0.364. The zero-order valence-corrected chi connectivity index (χ0v) is 8.92. The highest BCUT2D eigenvalue weighted by Gasteiger charge is 2.09. The number of ketones is 1. The molecule has 0 radical (unpaired) electrons. The summed E-state index contributed by atoms with van der Waals surface area (Å²) in [6.07, 6.45) is 0.828. The topological polar surface area (TPSA) is 43.1 Å². The zero-order valence-electron chi connectivity index (χ0n) is 8.16. The molecule has 0 amide bonds. The van der Waals surface area contributed by atoms with Gasteiger partial charge in [-0.05, 0) is 18.9 Å². The fourth-order valence-electron chi connectivity index (χ4n) is 1.21. The molecule has 1 aromatic rings. The van der Waals surface area contributed by atoms with Gasteiger partial charge in [0.25, 0.3) is 0 Å². The highest BCUT2D eigenvalue weighted by Crippen LogP contribution is 2.07. The van der Waals surface area contributed by atoms with Crippen molar-refractivity contribution in [2.45, 2.75) is 19.4 Å². The molecule has 0 aliphatic carbocycles. The Hall–Kier alpha value is -0.860. The first kappa shape index (κ1) is 11.2.